The molecule has 0 aliphatic carbocycles. The van der Waals surface area contributed by atoms with Crippen LogP contribution < -0.4 is 5.32 Å². The number of aromatic nitrogens is 3. The molecular weight excluding hydrogens is 226 g/mol. The lowest BCUT2D eigenvalue weighted by atomic mass is 10.1. The second kappa shape index (κ2) is 6.29. The van der Waals surface area contributed by atoms with Crippen LogP contribution in [0.1, 0.15) is 37.8 Å². The molecule has 1 aromatic rings. The SMILES string of the molecule is Cc1nnc(CNC(C)CN2CCCCC2)n1C. The molecule has 1 unspecified atom stereocenters. The summed E-state index contributed by atoms with van der Waals surface area (Å²) >= 11 is 0. The van der Waals surface area contributed by atoms with Gasteiger partial charge in [0, 0.05) is 19.6 Å². The maximum atomic E-state index is 4.17. The smallest absolute Gasteiger partial charge is 0.146 e. The molecular formula is C13H25N5. The summed E-state index contributed by atoms with van der Waals surface area (Å²) in [5.41, 5.74) is 0. The van der Waals surface area contributed by atoms with Crippen LogP contribution in [0.4, 0.5) is 0 Å². The van der Waals surface area contributed by atoms with Gasteiger partial charge in [-0.2, -0.15) is 0 Å². The molecule has 18 heavy (non-hydrogen) atoms. The average molecular weight is 251 g/mol. The summed E-state index contributed by atoms with van der Waals surface area (Å²) < 4.78 is 2.04. The first kappa shape index (κ1) is 13.5. The lowest BCUT2D eigenvalue weighted by Gasteiger charge is -2.29. The van der Waals surface area contributed by atoms with Gasteiger partial charge in [0.15, 0.2) is 0 Å². The van der Waals surface area contributed by atoms with Gasteiger partial charge >= 0.3 is 0 Å². The first-order valence-electron chi connectivity index (χ1n) is 6.97. The predicted octanol–water partition coefficient (Wildman–Crippen LogP) is 1.09. The molecule has 1 aliphatic heterocycles. The third-order valence-electron chi connectivity index (χ3n) is 3.77. The molecule has 0 amide bonds. The number of piperidine rings is 1. The fourth-order valence-corrected chi connectivity index (χ4v) is 2.46. The van der Waals surface area contributed by atoms with Gasteiger partial charge in [-0.15, -0.1) is 10.2 Å². The van der Waals surface area contributed by atoms with Gasteiger partial charge < -0.3 is 14.8 Å². The molecule has 102 valence electrons. The molecule has 1 fully saturated rings. The van der Waals surface area contributed by atoms with Crippen LogP contribution in [0.25, 0.3) is 0 Å². The number of aryl methyl sites for hydroxylation is 1. The van der Waals surface area contributed by atoms with E-state index in [1.54, 1.807) is 0 Å². The van der Waals surface area contributed by atoms with Gasteiger partial charge in [-0.3, -0.25) is 0 Å². The molecule has 2 rings (SSSR count). The summed E-state index contributed by atoms with van der Waals surface area (Å²) in [6.07, 6.45) is 4.11. The highest BCUT2D eigenvalue weighted by atomic mass is 15.3. The molecule has 1 N–H and O–H groups in total. The van der Waals surface area contributed by atoms with Crippen LogP contribution in [0.2, 0.25) is 0 Å². The van der Waals surface area contributed by atoms with E-state index in [1.807, 2.05) is 18.5 Å². The number of hydrogen-bond acceptors (Lipinski definition) is 4. The lowest BCUT2D eigenvalue weighted by molar-refractivity contribution is 0.208. The Bertz CT molecular complexity index is 367. The van der Waals surface area contributed by atoms with Crippen LogP contribution in [0.3, 0.4) is 0 Å². The number of hydrogen-bond donors (Lipinski definition) is 1. The van der Waals surface area contributed by atoms with Gasteiger partial charge in [-0.25, -0.2) is 0 Å². The van der Waals surface area contributed by atoms with Crippen molar-refractivity contribution in [2.45, 2.75) is 45.7 Å². The van der Waals surface area contributed by atoms with Crippen molar-refractivity contribution in [1.82, 2.24) is 25.0 Å². The van der Waals surface area contributed by atoms with Gasteiger partial charge in [0.1, 0.15) is 11.6 Å². The minimum atomic E-state index is 0.500. The quantitative estimate of drug-likeness (QED) is 0.851. The van der Waals surface area contributed by atoms with Gasteiger partial charge in [0.05, 0.1) is 6.54 Å². The molecule has 0 bridgehead atoms. The third kappa shape index (κ3) is 3.53. The van der Waals surface area contributed by atoms with Crippen LogP contribution in [0.15, 0.2) is 0 Å². The second-order valence-electron chi connectivity index (χ2n) is 5.37. The summed E-state index contributed by atoms with van der Waals surface area (Å²) in [7, 11) is 2.02. The molecule has 0 radical (unpaired) electrons. The van der Waals surface area contributed by atoms with E-state index in [4.69, 9.17) is 0 Å². The molecule has 0 spiro atoms. The summed E-state index contributed by atoms with van der Waals surface area (Å²) in [5.74, 6) is 1.98. The van der Waals surface area contributed by atoms with Crippen molar-refractivity contribution in [1.29, 1.82) is 0 Å². The second-order valence-corrected chi connectivity index (χ2v) is 5.37. The number of nitrogens with one attached hydrogen (secondary N) is 1. The minimum absolute atomic E-state index is 0.500. The maximum Gasteiger partial charge on any atom is 0.146 e. The topological polar surface area (TPSA) is 46.0 Å². The Labute approximate surface area is 110 Å². The normalized spacial score (nSPS) is 19.1. The Kier molecular flexibility index (Phi) is 4.72. The molecule has 0 saturated carbocycles. The molecule has 1 saturated heterocycles. The molecule has 1 aliphatic rings. The van der Waals surface area contributed by atoms with Crippen LogP contribution in [0, 0.1) is 6.92 Å². The van der Waals surface area contributed by atoms with Crippen LogP contribution in [-0.2, 0) is 13.6 Å². The third-order valence-corrected chi connectivity index (χ3v) is 3.77. The van der Waals surface area contributed by atoms with Crippen LogP contribution in [0.5, 0.6) is 0 Å². The van der Waals surface area contributed by atoms with Gasteiger partial charge in [-0.05, 0) is 39.8 Å². The summed E-state index contributed by atoms with van der Waals surface area (Å²) in [6, 6.07) is 0.500. The molecule has 5 heteroatoms. The van der Waals surface area contributed by atoms with Crippen molar-refractivity contribution in [2.75, 3.05) is 19.6 Å². The largest absolute Gasteiger partial charge is 0.317 e. The first-order valence-corrected chi connectivity index (χ1v) is 6.97. The van der Waals surface area contributed by atoms with E-state index in [0.29, 0.717) is 6.04 Å². The molecule has 0 aromatic carbocycles. The fourth-order valence-electron chi connectivity index (χ4n) is 2.46. The van der Waals surface area contributed by atoms with Gasteiger partial charge in [0.2, 0.25) is 0 Å². The summed E-state index contributed by atoms with van der Waals surface area (Å²) in [4.78, 5) is 2.56. The van der Waals surface area contributed by atoms with Crippen molar-refractivity contribution >= 4 is 0 Å². The molecule has 5 nitrogen and oxygen atoms in total. The zero-order valence-electron chi connectivity index (χ0n) is 11.8. The molecule has 2 heterocycles. The number of rotatable bonds is 5. The Balaban J connectivity index is 1.74. The Morgan fingerprint density at radius 1 is 1.22 bits per heavy atom. The van der Waals surface area contributed by atoms with E-state index in [0.717, 1.165) is 24.7 Å². The van der Waals surface area contributed by atoms with Gasteiger partial charge in [-0.1, -0.05) is 6.42 Å². The van der Waals surface area contributed by atoms with E-state index in [-0.39, 0.29) is 0 Å². The van der Waals surface area contributed by atoms with E-state index in [1.165, 1.54) is 32.4 Å². The highest BCUT2D eigenvalue weighted by Crippen LogP contribution is 2.08. The molecule has 1 atom stereocenters. The molecule has 1 aromatic heterocycles. The standard InChI is InChI=1S/C13H25N5/c1-11(10-18-7-5-4-6-8-18)14-9-13-16-15-12(2)17(13)3/h11,14H,4-10H2,1-3H3. The zero-order valence-corrected chi connectivity index (χ0v) is 11.8. The lowest BCUT2D eigenvalue weighted by Crippen LogP contribution is -2.41. The van der Waals surface area contributed by atoms with Crippen molar-refractivity contribution in [2.24, 2.45) is 7.05 Å². The Morgan fingerprint density at radius 2 is 1.94 bits per heavy atom. The maximum absolute atomic E-state index is 4.17. The van der Waals surface area contributed by atoms with E-state index < -0.39 is 0 Å². The summed E-state index contributed by atoms with van der Waals surface area (Å²) in [6.45, 7) is 8.68. The monoisotopic (exact) mass is 251 g/mol. The highest BCUT2D eigenvalue weighted by molar-refractivity contribution is 4.92. The highest BCUT2D eigenvalue weighted by Gasteiger charge is 2.13. The minimum Gasteiger partial charge on any atom is -0.317 e. The Morgan fingerprint density at radius 3 is 2.56 bits per heavy atom. The number of likely N-dealkylation sites (tertiary alicyclic amines) is 1. The van der Waals surface area contributed by atoms with E-state index in [9.17, 15) is 0 Å². The Hall–Kier alpha value is -0.940. The van der Waals surface area contributed by atoms with Crippen molar-refractivity contribution in [3.63, 3.8) is 0 Å². The zero-order chi connectivity index (χ0) is 13.0. The average Bonchev–Trinajstić information content (AvgIpc) is 2.69. The number of nitrogens with zero attached hydrogens (tertiary/aromatic N) is 4. The predicted molar refractivity (Wildman–Crippen MR) is 72.3 cm³/mol. The first-order chi connectivity index (χ1) is 8.66. The fraction of sp³-hybridized carbons (Fsp3) is 0.846. The van der Waals surface area contributed by atoms with Crippen molar-refractivity contribution in [3.05, 3.63) is 11.6 Å². The van der Waals surface area contributed by atoms with Crippen LogP contribution in [-0.4, -0.2) is 45.3 Å². The van der Waals surface area contributed by atoms with Crippen LogP contribution >= 0.6 is 0 Å². The van der Waals surface area contributed by atoms with Gasteiger partial charge in [0.25, 0.3) is 0 Å². The summed E-state index contributed by atoms with van der Waals surface area (Å²) in [5, 5.41) is 11.8. The van der Waals surface area contributed by atoms with E-state index in [2.05, 4.69) is 27.3 Å². The van der Waals surface area contributed by atoms with Crippen molar-refractivity contribution < 1.29 is 0 Å². The van der Waals surface area contributed by atoms with Crippen molar-refractivity contribution in [3.8, 4) is 0 Å². The van der Waals surface area contributed by atoms with E-state index >= 15 is 0 Å².